The first kappa shape index (κ1) is 20.5. The summed E-state index contributed by atoms with van der Waals surface area (Å²) in [5.74, 6) is 0.304. The molecule has 0 spiro atoms. The molecule has 4 rings (SSSR count). The van der Waals surface area contributed by atoms with Crippen LogP contribution >= 0.6 is 11.8 Å². The van der Waals surface area contributed by atoms with Gasteiger partial charge in [0.05, 0.1) is 6.54 Å². The number of carbonyl (C=O) groups is 1. The van der Waals surface area contributed by atoms with Crippen LogP contribution in [0.2, 0.25) is 0 Å². The van der Waals surface area contributed by atoms with Crippen LogP contribution in [-0.4, -0.2) is 67.2 Å². The summed E-state index contributed by atoms with van der Waals surface area (Å²) in [6.07, 6.45) is 8.24. The monoisotopic (exact) mass is 432 g/mol. The van der Waals surface area contributed by atoms with Gasteiger partial charge in [0.1, 0.15) is 5.82 Å². The maximum Gasteiger partial charge on any atom is 0.319 e. The molecule has 158 valence electrons. The zero-order valence-electron chi connectivity index (χ0n) is 16.5. The highest BCUT2D eigenvalue weighted by Gasteiger charge is 2.24. The molecule has 30 heavy (non-hydrogen) atoms. The fourth-order valence-corrected chi connectivity index (χ4v) is 4.09. The van der Waals surface area contributed by atoms with Gasteiger partial charge in [-0.3, -0.25) is 18.8 Å². The largest absolute Gasteiger partial charge is 0.336 e. The van der Waals surface area contributed by atoms with E-state index in [4.69, 9.17) is 0 Å². The summed E-state index contributed by atoms with van der Waals surface area (Å²) in [6.45, 7) is 0.0469. The molecule has 7 nitrogen and oxygen atoms in total. The van der Waals surface area contributed by atoms with Crippen molar-refractivity contribution in [3.8, 4) is 5.69 Å². The molecular formula is C20H22F2N6OS. The number of carbonyl (C=O) groups excluding carboxylic acids is 1. The number of thioether (sulfide) groups is 1. The molecule has 0 radical (unpaired) electrons. The van der Waals surface area contributed by atoms with E-state index in [0.29, 0.717) is 44.1 Å². The first-order valence-corrected chi connectivity index (χ1v) is 10.8. The summed E-state index contributed by atoms with van der Waals surface area (Å²) in [4.78, 5) is 25.2. The minimum Gasteiger partial charge on any atom is -0.336 e. The smallest absolute Gasteiger partial charge is 0.319 e. The highest BCUT2D eigenvalue weighted by atomic mass is 32.2. The Labute approximate surface area is 177 Å². The third-order valence-corrected chi connectivity index (χ3v) is 5.81. The predicted molar refractivity (Wildman–Crippen MR) is 110 cm³/mol. The number of imidazole rings is 2. The second-order valence-corrected chi connectivity index (χ2v) is 7.70. The SMILES string of the molecule is CSc1nccn1-c1cccc(C(=O)N2CCN(Cc3nccn3C(F)F)CC2)c1. The molecule has 1 aromatic carbocycles. The van der Waals surface area contributed by atoms with Crippen LogP contribution in [0.4, 0.5) is 8.78 Å². The van der Waals surface area contributed by atoms with Crippen LogP contribution in [0.3, 0.4) is 0 Å². The molecule has 0 N–H and O–H groups in total. The lowest BCUT2D eigenvalue weighted by atomic mass is 10.1. The van der Waals surface area contributed by atoms with Crippen molar-refractivity contribution in [2.45, 2.75) is 18.3 Å². The van der Waals surface area contributed by atoms with Crippen LogP contribution in [0, 0.1) is 0 Å². The standard InChI is InChI=1S/C20H22F2N6OS/c1-30-20-24-6-7-27(20)16-4-2-3-15(13-16)18(29)26-11-9-25(10-12-26)14-17-23-5-8-28(17)19(21)22/h2-8,13,19H,9-12,14H2,1H3. The van der Waals surface area contributed by atoms with Gasteiger partial charge in [0, 0.05) is 62.2 Å². The second kappa shape index (κ2) is 8.97. The van der Waals surface area contributed by atoms with Crippen molar-refractivity contribution in [2.75, 3.05) is 32.4 Å². The molecule has 3 heterocycles. The van der Waals surface area contributed by atoms with Crippen LogP contribution in [0.15, 0.2) is 54.2 Å². The van der Waals surface area contributed by atoms with Gasteiger partial charge in [-0.15, -0.1) is 0 Å². The molecule has 1 amide bonds. The van der Waals surface area contributed by atoms with Crippen molar-refractivity contribution in [3.63, 3.8) is 0 Å². The molecule has 0 saturated carbocycles. The molecule has 10 heteroatoms. The topological polar surface area (TPSA) is 59.2 Å². The Hall–Kier alpha value is -2.72. The van der Waals surface area contributed by atoms with Crippen molar-refractivity contribution < 1.29 is 13.6 Å². The Morgan fingerprint density at radius 3 is 2.63 bits per heavy atom. The van der Waals surface area contributed by atoms with Crippen LogP contribution in [0.5, 0.6) is 0 Å². The molecule has 0 bridgehead atoms. The second-order valence-electron chi connectivity index (χ2n) is 6.93. The maximum atomic E-state index is 13.0. The zero-order chi connectivity index (χ0) is 21.1. The molecule has 1 saturated heterocycles. The molecule has 1 fully saturated rings. The van der Waals surface area contributed by atoms with Gasteiger partial charge in [-0.2, -0.15) is 8.78 Å². The van der Waals surface area contributed by atoms with E-state index in [2.05, 4.69) is 9.97 Å². The van der Waals surface area contributed by atoms with E-state index in [0.717, 1.165) is 15.4 Å². The Balaban J connectivity index is 1.40. The summed E-state index contributed by atoms with van der Waals surface area (Å²) < 4.78 is 28.8. The van der Waals surface area contributed by atoms with E-state index in [1.807, 2.05) is 46.2 Å². The number of amides is 1. The van der Waals surface area contributed by atoms with Gasteiger partial charge in [0.25, 0.3) is 5.91 Å². The number of aromatic nitrogens is 4. The van der Waals surface area contributed by atoms with Gasteiger partial charge < -0.3 is 4.90 Å². The molecule has 1 aliphatic rings. The van der Waals surface area contributed by atoms with Crippen LogP contribution in [0.1, 0.15) is 22.7 Å². The van der Waals surface area contributed by atoms with Gasteiger partial charge in [0.2, 0.25) is 0 Å². The minimum atomic E-state index is -2.60. The third kappa shape index (κ3) is 4.24. The minimum absolute atomic E-state index is 0.0311. The number of halogens is 2. The third-order valence-electron chi connectivity index (χ3n) is 5.14. The Bertz CT molecular complexity index is 1010. The fourth-order valence-electron chi connectivity index (χ4n) is 3.56. The zero-order valence-corrected chi connectivity index (χ0v) is 17.3. The van der Waals surface area contributed by atoms with E-state index < -0.39 is 6.55 Å². The molecule has 2 aromatic heterocycles. The van der Waals surface area contributed by atoms with Crippen molar-refractivity contribution in [3.05, 3.63) is 60.4 Å². The number of hydrogen-bond donors (Lipinski definition) is 0. The summed E-state index contributed by atoms with van der Waals surface area (Å²) in [7, 11) is 0. The van der Waals surface area contributed by atoms with Crippen molar-refractivity contribution in [1.29, 1.82) is 0 Å². The number of nitrogens with zero attached hydrogens (tertiary/aromatic N) is 6. The van der Waals surface area contributed by atoms with E-state index >= 15 is 0 Å². The lowest BCUT2D eigenvalue weighted by Gasteiger charge is -2.34. The number of alkyl halides is 2. The molecular weight excluding hydrogens is 410 g/mol. The number of piperazine rings is 1. The van der Waals surface area contributed by atoms with Gasteiger partial charge in [0.15, 0.2) is 5.16 Å². The normalized spacial score (nSPS) is 15.1. The highest BCUT2D eigenvalue weighted by molar-refractivity contribution is 7.98. The first-order valence-electron chi connectivity index (χ1n) is 9.56. The van der Waals surface area contributed by atoms with Gasteiger partial charge in [-0.05, 0) is 24.5 Å². The van der Waals surface area contributed by atoms with Gasteiger partial charge in [-0.1, -0.05) is 17.8 Å². The molecule has 3 aromatic rings. The molecule has 0 atom stereocenters. The highest BCUT2D eigenvalue weighted by Crippen LogP contribution is 2.20. The Kier molecular flexibility index (Phi) is 6.14. The lowest BCUT2D eigenvalue weighted by molar-refractivity contribution is 0.0555. The summed E-state index contributed by atoms with van der Waals surface area (Å²) >= 11 is 1.54. The molecule has 1 aliphatic heterocycles. The van der Waals surface area contributed by atoms with E-state index in [1.54, 1.807) is 22.9 Å². The first-order chi connectivity index (χ1) is 14.6. The van der Waals surface area contributed by atoms with E-state index in [-0.39, 0.29) is 5.91 Å². The number of hydrogen-bond acceptors (Lipinski definition) is 5. The van der Waals surface area contributed by atoms with Crippen molar-refractivity contribution in [2.24, 2.45) is 0 Å². The quantitative estimate of drug-likeness (QED) is 0.560. The average Bonchev–Trinajstić information content (AvgIpc) is 3.43. The summed E-state index contributed by atoms with van der Waals surface area (Å²) in [5, 5.41) is 0.857. The number of rotatable bonds is 6. The van der Waals surface area contributed by atoms with Gasteiger partial charge >= 0.3 is 6.55 Å². The van der Waals surface area contributed by atoms with Crippen LogP contribution < -0.4 is 0 Å². The summed E-state index contributed by atoms with van der Waals surface area (Å²) in [6, 6.07) is 7.50. The Morgan fingerprint density at radius 1 is 1.13 bits per heavy atom. The van der Waals surface area contributed by atoms with E-state index in [1.165, 1.54) is 12.4 Å². The average molecular weight is 433 g/mol. The predicted octanol–water partition coefficient (Wildman–Crippen LogP) is 3.14. The fraction of sp³-hybridized carbons (Fsp3) is 0.350. The number of benzene rings is 1. The van der Waals surface area contributed by atoms with Crippen molar-refractivity contribution >= 4 is 17.7 Å². The van der Waals surface area contributed by atoms with Gasteiger partial charge in [-0.25, -0.2) is 9.97 Å². The van der Waals surface area contributed by atoms with Crippen molar-refractivity contribution in [1.82, 2.24) is 28.9 Å². The summed E-state index contributed by atoms with van der Waals surface area (Å²) in [5.41, 5.74) is 1.51. The van der Waals surface area contributed by atoms with E-state index in [9.17, 15) is 13.6 Å². The molecule has 0 unspecified atom stereocenters. The maximum absolute atomic E-state index is 13.0. The van der Waals surface area contributed by atoms with Crippen LogP contribution in [-0.2, 0) is 6.54 Å². The Morgan fingerprint density at radius 2 is 1.90 bits per heavy atom. The lowest BCUT2D eigenvalue weighted by Crippen LogP contribution is -2.48. The molecule has 0 aliphatic carbocycles. The van der Waals surface area contributed by atoms with Crippen LogP contribution in [0.25, 0.3) is 5.69 Å².